The fraction of sp³-hybridized carbons (Fsp3) is 0.200. The number of nitrogens with zero attached hydrogens (tertiary/aromatic N) is 1. The summed E-state index contributed by atoms with van der Waals surface area (Å²) in [6.07, 6.45) is 0. The predicted octanol–water partition coefficient (Wildman–Crippen LogP) is 1.71. The van der Waals surface area contributed by atoms with Crippen LogP contribution < -0.4 is 0 Å². The van der Waals surface area contributed by atoms with E-state index in [9.17, 15) is 9.90 Å². The first-order valence-corrected chi connectivity index (χ1v) is 4.47. The normalized spacial score (nSPS) is 10.5. The summed E-state index contributed by atoms with van der Waals surface area (Å²) in [5.41, 5.74) is 0.869. The highest BCUT2D eigenvalue weighted by atomic mass is 16.5. The molecule has 0 radical (unpaired) electrons. The van der Waals surface area contributed by atoms with Gasteiger partial charge in [0.15, 0.2) is 5.58 Å². The zero-order valence-corrected chi connectivity index (χ0v) is 8.06. The molecule has 2 rings (SSSR count). The summed E-state index contributed by atoms with van der Waals surface area (Å²) >= 11 is 0. The fourth-order valence-electron chi connectivity index (χ4n) is 1.20. The molecule has 0 aliphatic carbocycles. The smallest absolute Gasteiger partial charge is 0.394 e. The van der Waals surface area contributed by atoms with E-state index in [1.54, 1.807) is 13.0 Å². The Labute approximate surface area is 85.3 Å². The van der Waals surface area contributed by atoms with Crippen LogP contribution in [0, 0.1) is 0 Å². The quantitative estimate of drug-likeness (QED) is 0.759. The Kier molecular flexibility index (Phi) is 2.29. The molecule has 2 aromatic rings. The van der Waals surface area contributed by atoms with Crippen molar-refractivity contribution in [1.29, 1.82) is 0 Å². The van der Waals surface area contributed by atoms with Gasteiger partial charge in [0.1, 0.15) is 11.3 Å². The molecule has 1 aromatic heterocycles. The third kappa shape index (κ3) is 1.76. The number of oxazole rings is 1. The number of hydrogen-bond acceptors (Lipinski definition) is 5. The van der Waals surface area contributed by atoms with E-state index >= 15 is 0 Å². The van der Waals surface area contributed by atoms with Gasteiger partial charge in [-0.2, -0.15) is 0 Å². The Balaban J connectivity index is 2.42. The van der Waals surface area contributed by atoms with Crippen molar-refractivity contribution in [3.05, 3.63) is 24.1 Å². The number of ether oxygens (including phenoxy) is 1. The first-order valence-electron chi connectivity index (χ1n) is 4.47. The van der Waals surface area contributed by atoms with Crippen molar-refractivity contribution in [3.8, 4) is 5.75 Å². The summed E-state index contributed by atoms with van der Waals surface area (Å²) < 4.78 is 9.87. The Morgan fingerprint density at radius 1 is 1.60 bits per heavy atom. The summed E-state index contributed by atoms with van der Waals surface area (Å²) in [4.78, 5) is 15.1. The van der Waals surface area contributed by atoms with E-state index in [1.807, 2.05) is 0 Å². The second-order valence-electron chi connectivity index (χ2n) is 2.89. The number of phenols is 1. The number of carbonyl (C=O) groups excluding carboxylic acids is 1. The number of fused-ring (bicyclic) bond motifs is 1. The van der Waals surface area contributed by atoms with Gasteiger partial charge in [-0.05, 0) is 19.1 Å². The summed E-state index contributed by atoms with van der Waals surface area (Å²) in [6.45, 7) is 1.97. The minimum atomic E-state index is -0.604. The molecule has 0 aliphatic heterocycles. The molecule has 0 atom stereocenters. The number of rotatable bonds is 2. The Hall–Kier alpha value is -2.04. The van der Waals surface area contributed by atoms with Crippen LogP contribution in [0.5, 0.6) is 5.75 Å². The lowest BCUT2D eigenvalue weighted by molar-refractivity contribution is 0.0483. The van der Waals surface area contributed by atoms with E-state index in [1.165, 1.54) is 12.1 Å². The molecule has 5 nitrogen and oxygen atoms in total. The third-order valence-corrected chi connectivity index (χ3v) is 1.82. The zero-order chi connectivity index (χ0) is 10.8. The second kappa shape index (κ2) is 3.61. The number of aromatic nitrogens is 1. The highest BCUT2D eigenvalue weighted by molar-refractivity contribution is 5.88. The van der Waals surface area contributed by atoms with E-state index in [4.69, 9.17) is 9.15 Å². The van der Waals surface area contributed by atoms with Gasteiger partial charge in [-0.15, -0.1) is 0 Å². The van der Waals surface area contributed by atoms with Crippen LogP contribution in [0.2, 0.25) is 0 Å². The average Bonchev–Trinajstić information content (AvgIpc) is 2.60. The average molecular weight is 207 g/mol. The number of carbonyl (C=O) groups is 1. The van der Waals surface area contributed by atoms with Crippen LogP contribution in [0.15, 0.2) is 22.6 Å². The molecule has 0 fully saturated rings. The van der Waals surface area contributed by atoms with Gasteiger partial charge < -0.3 is 14.3 Å². The van der Waals surface area contributed by atoms with Crippen molar-refractivity contribution < 1.29 is 19.1 Å². The van der Waals surface area contributed by atoms with Crippen LogP contribution in [0.1, 0.15) is 17.6 Å². The largest absolute Gasteiger partial charge is 0.508 e. The summed E-state index contributed by atoms with van der Waals surface area (Å²) in [7, 11) is 0. The Bertz CT molecular complexity index is 503. The van der Waals surface area contributed by atoms with Crippen LogP contribution in [0.25, 0.3) is 11.1 Å². The SMILES string of the molecule is CCOC(=O)c1nc2cc(O)ccc2o1. The highest BCUT2D eigenvalue weighted by Gasteiger charge is 2.15. The number of esters is 1. The van der Waals surface area contributed by atoms with Crippen molar-refractivity contribution in [1.82, 2.24) is 4.98 Å². The number of phenolic OH excluding ortho intramolecular Hbond substituents is 1. The minimum Gasteiger partial charge on any atom is -0.508 e. The first kappa shape index (κ1) is 9.51. The number of hydrogen-bond donors (Lipinski definition) is 1. The first-order chi connectivity index (χ1) is 7.20. The molecule has 0 spiro atoms. The van der Waals surface area contributed by atoms with Gasteiger partial charge >= 0.3 is 11.9 Å². The van der Waals surface area contributed by atoms with Gasteiger partial charge in [-0.25, -0.2) is 9.78 Å². The predicted molar refractivity (Wildman–Crippen MR) is 51.6 cm³/mol. The molecule has 15 heavy (non-hydrogen) atoms. The maximum Gasteiger partial charge on any atom is 0.394 e. The van der Waals surface area contributed by atoms with Crippen molar-refractivity contribution in [2.45, 2.75) is 6.92 Å². The van der Waals surface area contributed by atoms with Crippen LogP contribution in [-0.2, 0) is 4.74 Å². The fourth-order valence-corrected chi connectivity index (χ4v) is 1.20. The second-order valence-corrected chi connectivity index (χ2v) is 2.89. The van der Waals surface area contributed by atoms with E-state index in [0.717, 1.165) is 0 Å². The van der Waals surface area contributed by atoms with E-state index in [-0.39, 0.29) is 18.2 Å². The van der Waals surface area contributed by atoms with Gasteiger partial charge in [-0.3, -0.25) is 0 Å². The molecule has 78 valence electrons. The molecule has 0 amide bonds. The monoisotopic (exact) mass is 207 g/mol. The van der Waals surface area contributed by atoms with Gasteiger partial charge in [0, 0.05) is 6.07 Å². The van der Waals surface area contributed by atoms with Crippen molar-refractivity contribution in [2.75, 3.05) is 6.61 Å². The Morgan fingerprint density at radius 3 is 3.13 bits per heavy atom. The lowest BCUT2D eigenvalue weighted by Crippen LogP contribution is -2.04. The minimum absolute atomic E-state index is 0.0752. The molecule has 0 bridgehead atoms. The topological polar surface area (TPSA) is 72.6 Å². The van der Waals surface area contributed by atoms with Gasteiger partial charge in [-0.1, -0.05) is 0 Å². The highest BCUT2D eigenvalue weighted by Crippen LogP contribution is 2.20. The van der Waals surface area contributed by atoms with E-state index in [0.29, 0.717) is 11.1 Å². The van der Waals surface area contributed by atoms with Gasteiger partial charge in [0.25, 0.3) is 0 Å². The maximum absolute atomic E-state index is 11.3. The molecular formula is C10H9NO4. The number of aromatic hydroxyl groups is 1. The summed E-state index contributed by atoms with van der Waals surface area (Å²) in [5.74, 6) is -0.628. The zero-order valence-electron chi connectivity index (χ0n) is 8.06. The van der Waals surface area contributed by atoms with Crippen molar-refractivity contribution >= 4 is 17.1 Å². The van der Waals surface area contributed by atoms with Crippen molar-refractivity contribution in [2.24, 2.45) is 0 Å². The molecule has 1 heterocycles. The van der Waals surface area contributed by atoms with Crippen LogP contribution in [-0.4, -0.2) is 22.7 Å². The lowest BCUT2D eigenvalue weighted by Gasteiger charge is -1.94. The maximum atomic E-state index is 11.3. The summed E-state index contributed by atoms with van der Waals surface area (Å²) in [5, 5.41) is 9.18. The Morgan fingerprint density at radius 2 is 2.40 bits per heavy atom. The molecular weight excluding hydrogens is 198 g/mol. The van der Waals surface area contributed by atoms with Crippen LogP contribution in [0.4, 0.5) is 0 Å². The van der Waals surface area contributed by atoms with E-state index < -0.39 is 5.97 Å². The van der Waals surface area contributed by atoms with E-state index in [2.05, 4.69) is 4.98 Å². The number of benzene rings is 1. The third-order valence-electron chi connectivity index (χ3n) is 1.82. The molecule has 5 heteroatoms. The summed E-state index contributed by atoms with van der Waals surface area (Å²) in [6, 6.07) is 4.42. The van der Waals surface area contributed by atoms with Gasteiger partial charge in [0.05, 0.1) is 6.61 Å². The van der Waals surface area contributed by atoms with Crippen LogP contribution >= 0.6 is 0 Å². The molecule has 1 aromatic carbocycles. The standard InChI is InChI=1S/C10H9NO4/c1-2-14-10(13)9-11-7-5-6(12)3-4-8(7)15-9/h3-5,12H,2H2,1H3. The molecule has 0 saturated heterocycles. The molecule has 1 N–H and O–H groups in total. The molecule has 0 unspecified atom stereocenters. The van der Waals surface area contributed by atoms with Crippen LogP contribution in [0.3, 0.4) is 0 Å². The molecule has 0 aliphatic rings. The molecule has 0 saturated carbocycles. The lowest BCUT2D eigenvalue weighted by atomic mass is 10.3. The van der Waals surface area contributed by atoms with Gasteiger partial charge in [0.2, 0.25) is 0 Å². The van der Waals surface area contributed by atoms with Crippen molar-refractivity contribution in [3.63, 3.8) is 0 Å².